The van der Waals surface area contributed by atoms with E-state index in [0.29, 0.717) is 18.0 Å². The van der Waals surface area contributed by atoms with Crippen molar-refractivity contribution in [2.45, 2.75) is 55.8 Å². The smallest absolute Gasteiger partial charge is 0.0263 e. The molecule has 2 heterocycles. The van der Waals surface area contributed by atoms with E-state index in [2.05, 4.69) is 67.0 Å². The van der Waals surface area contributed by atoms with Crippen molar-refractivity contribution in [3.63, 3.8) is 0 Å². The van der Waals surface area contributed by atoms with E-state index in [0.717, 1.165) is 5.25 Å². The molecule has 0 aromatic heterocycles. The van der Waals surface area contributed by atoms with Gasteiger partial charge in [-0.25, -0.2) is 0 Å². The predicted octanol–water partition coefficient (Wildman–Crippen LogP) is 3.41. The quantitative estimate of drug-likeness (QED) is 0.921. The SMILES string of the molecule is CC(C)C1CN(CC2Cc3ccccc3S2)C(C)CCN1. The van der Waals surface area contributed by atoms with Gasteiger partial charge in [-0.3, -0.25) is 4.90 Å². The molecule has 2 aliphatic rings. The van der Waals surface area contributed by atoms with Crippen LogP contribution in [0.2, 0.25) is 0 Å². The molecule has 3 unspecified atom stereocenters. The van der Waals surface area contributed by atoms with E-state index >= 15 is 0 Å². The van der Waals surface area contributed by atoms with Gasteiger partial charge in [0.15, 0.2) is 0 Å². The van der Waals surface area contributed by atoms with Crippen LogP contribution in [0.3, 0.4) is 0 Å². The van der Waals surface area contributed by atoms with Crippen molar-refractivity contribution in [2.24, 2.45) is 5.92 Å². The molecule has 1 aromatic rings. The second-order valence-corrected chi connectivity index (χ2v) is 8.29. The standard InChI is InChI=1S/C18H28N2S/c1-13(2)17-12-20(14(3)8-9-19-17)11-16-10-15-6-4-5-7-18(15)21-16/h4-7,13-14,16-17,19H,8-12H2,1-3H3. The Labute approximate surface area is 133 Å². The molecule has 1 saturated heterocycles. The monoisotopic (exact) mass is 304 g/mol. The lowest BCUT2D eigenvalue weighted by molar-refractivity contribution is 0.193. The van der Waals surface area contributed by atoms with Gasteiger partial charge in [0, 0.05) is 35.3 Å². The zero-order valence-corrected chi connectivity index (χ0v) is 14.3. The lowest BCUT2D eigenvalue weighted by Crippen LogP contribution is -2.45. The highest BCUT2D eigenvalue weighted by Gasteiger charge is 2.29. The van der Waals surface area contributed by atoms with Crippen LogP contribution in [0.5, 0.6) is 0 Å². The Morgan fingerprint density at radius 3 is 2.90 bits per heavy atom. The molecular weight excluding hydrogens is 276 g/mol. The Bertz CT molecular complexity index is 449. The molecule has 3 heteroatoms. The summed E-state index contributed by atoms with van der Waals surface area (Å²) in [7, 11) is 0. The molecule has 2 aliphatic heterocycles. The fourth-order valence-corrected chi connectivity index (χ4v) is 4.82. The summed E-state index contributed by atoms with van der Waals surface area (Å²) >= 11 is 2.09. The van der Waals surface area contributed by atoms with Gasteiger partial charge in [0.1, 0.15) is 0 Å². The summed E-state index contributed by atoms with van der Waals surface area (Å²) in [5, 5.41) is 4.47. The fourth-order valence-electron chi connectivity index (χ4n) is 3.48. The van der Waals surface area contributed by atoms with Gasteiger partial charge in [0.05, 0.1) is 0 Å². The molecule has 0 aliphatic carbocycles. The van der Waals surface area contributed by atoms with Crippen LogP contribution in [0.15, 0.2) is 29.2 Å². The molecule has 0 bridgehead atoms. The third-order valence-electron chi connectivity index (χ3n) is 4.98. The molecule has 2 nitrogen and oxygen atoms in total. The summed E-state index contributed by atoms with van der Waals surface area (Å²) in [6.07, 6.45) is 2.51. The van der Waals surface area contributed by atoms with Crippen molar-refractivity contribution in [3.8, 4) is 0 Å². The second kappa shape index (κ2) is 6.72. The van der Waals surface area contributed by atoms with Crippen LogP contribution in [-0.2, 0) is 6.42 Å². The van der Waals surface area contributed by atoms with Crippen molar-refractivity contribution in [1.82, 2.24) is 10.2 Å². The molecule has 0 spiro atoms. The van der Waals surface area contributed by atoms with Gasteiger partial charge in [-0.05, 0) is 43.9 Å². The molecule has 1 aromatic carbocycles. The Kier molecular flexibility index (Phi) is 4.92. The highest BCUT2D eigenvalue weighted by atomic mass is 32.2. The van der Waals surface area contributed by atoms with Crippen LogP contribution in [-0.4, -0.2) is 41.9 Å². The third kappa shape index (κ3) is 3.64. The van der Waals surface area contributed by atoms with Crippen molar-refractivity contribution >= 4 is 11.8 Å². The van der Waals surface area contributed by atoms with Crippen LogP contribution in [0.1, 0.15) is 32.8 Å². The second-order valence-electron chi connectivity index (χ2n) is 6.95. The van der Waals surface area contributed by atoms with E-state index in [1.54, 1.807) is 5.56 Å². The lowest BCUT2D eigenvalue weighted by Gasteiger charge is -2.32. The zero-order valence-electron chi connectivity index (χ0n) is 13.5. The van der Waals surface area contributed by atoms with E-state index in [1.165, 1.54) is 37.4 Å². The lowest BCUT2D eigenvalue weighted by atomic mass is 10.0. The average molecular weight is 305 g/mol. The fraction of sp³-hybridized carbons (Fsp3) is 0.667. The number of benzene rings is 1. The van der Waals surface area contributed by atoms with Crippen molar-refractivity contribution in [3.05, 3.63) is 29.8 Å². The number of nitrogens with zero attached hydrogens (tertiary/aromatic N) is 1. The van der Waals surface area contributed by atoms with E-state index < -0.39 is 0 Å². The average Bonchev–Trinajstić information content (AvgIpc) is 2.77. The van der Waals surface area contributed by atoms with Crippen LogP contribution < -0.4 is 5.32 Å². The Balaban J connectivity index is 1.63. The minimum absolute atomic E-state index is 0.642. The Hall–Kier alpha value is -0.510. The van der Waals surface area contributed by atoms with Gasteiger partial charge in [0.25, 0.3) is 0 Å². The largest absolute Gasteiger partial charge is 0.312 e. The first-order chi connectivity index (χ1) is 10.1. The number of fused-ring (bicyclic) bond motifs is 1. The van der Waals surface area contributed by atoms with Crippen LogP contribution in [0.4, 0.5) is 0 Å². The van der Waals surface area contributed by atoms with E-state index in [9.17, 15) is 0 Å². The summed E-state index contributed by atoms with van der Waals surface area (Å²) in [5.74, 6) is 0.714. The van der Waals surface area contributed by atoms with Crippen LogP contribution in [0, 0.1) is 5.92 Å². The Morgan fingerprint density at radius 2 is 2.14 bits per heavy atom. The first-order valence-corrected chi connectivity index (χ1v) is 9.23. The van der Waals surface area contributed by atoms with Crippen molar-refractivity contribution in [1.29, 1.82) is 0 Å². The van der Waals surface area contributed by atoms with Gasteiger partial charge >= 0.3 is 0 Å². The van der Waals surface area contributed by atoms with Crippen molar-refractivity contribution < 1.29 is 0 Å². The molecule has 3 rings (SSSR count). The molecule has 1 N–H and O–H groups in total. The summed E-state index contributed by atoms with van der Waals surface area (Å²) in [6, 6.07) is 10.3. The number of hydrogen-bond donors (Lipinski definition) is 1. The first-order valence-electron chi connectivity index (χ1n) is 8.35. The normalized spacial score (nSPS) is 30.4. The van der Waals surface area contributed by atoms with E-state index in [4.69, 9.17) is 0 Å². The molecular formula is C18H28N2S. The molecule has 1 fully saturated rings. The summed E-state index contributed by atoms with van der Waals surface area (Å²) in [5.41, 5.74) is 1.55. The van der Waals surface area contributed by atoms with Gasteiger partial charge in [-0.1, -0.05) is 32.0 Å². The third-order valence-corrected chi connectivity index (χ3v) is 6.28. The maximum atomic E-state index is 3.73. The van der Waals surface area contributed by atoms with E-state index in [-0.39, 0.29) is 0 Å². The summed E-state index contributed by atoms with van der Waals surface area (Å²) in [6.45, 7) is 10.7. The number of hydrogen-bond acceptors (Lipinski definition) is 3. The first kappa shape index (κ1) is 15.4. The highest BCUT2D eigenvalue weighted by Crippen LogP contribution is 2.37. The number of thioether (sulfide) groups is 1. The maximum Gasteiger partial charge on any atom is 0.0263 e. The summed E-state index contributed by atoms with van der Waals surface area (Å²) < 4.78 is 0. The number of nitrogens with one attached hydrogen (secondary N) is 1. The zero-order chi connectivity index (χ0) is 14.8. The van der Waals surface area contributed by atoms with Crippen molar-refractivity contribution in [2.75, 3.05) is 19.6 Å². The highest BCUT2D eigenvalue weighted by molar-refractivity contribution is 8.00. The van der Waals surface area contributed by atoms with Crippen LogP contribution in [0.25, 0.3) is 0 Å². The molecule has 0 amide bonds. The minimum Gasteiger partial charge on any atom is -0.312 e. The maximum absolute atomic E-state index is 3.73. The Morgan fingerprint density at radius 1 is 1.33 bits per heavy atom. The van der Waals surface area contributed by atoms with Gasteiger partial charge < -0.3 is 5.32 Å². The van der Waals surface area contributed by atoms with Gasteiger partial charge in [-0.2, -0.15) is 0 Å². The topological polar surface area (TPSA) is 15.3 Å². The predicted molar refractivity (Wildman–Crippen MR) is 92.1 cm³/mol. The van der Waals surface area contributed by atoms with Gasteiger partial charge in [-0.15, -0.1) is 11.8 Å². The minimum atomic E-state index is 0.642. The van der Waals surface area contributed by atoms with Gasteiger partial charge in [0.2, 0.25) is 0 Å². The molecule has 0 radical (unpaired) electrons. The molecule has 116 valence electrons. The number of rotatable bonds is 3. The molecule has 0 saturated carbocycles. The molecule has 21 heavy (non-hydrogen) atoms. The molecule has 3 atom stereocenters. The van der Waals surface area contributed by atoms with E-state index in [1.807, 2.05) is 0 Å². The van der Waals surface area contributed by atoms with Crippen LogP contribution >= 0.6 is 11.8 Å². The summed E-state index contributed by atoms with van der Waals surface area (Å²) in [4.78, 5) is 4.23.